The normalized spacial score (nSPS) is 34.0. The fourth-order valence-electron chi connectivity index (χ4n) is 6.38. The Morgan fingerprint density at radius 2 is 1.69 bits per heavy atom. The van der Waals surface area contributed by atoms with Crippen molar-refractivity contribution < 1.29 is 0 Å². The van der Waals surface area contributed by atoms with Crippen molar-refractivity contribution in [3.05, 3.63) is 47.5 Å². The lowest BCUT2D eigenvalue weighted by Gasteiger charge is -2.44. The van der Waals surface area contributed by atoms with Gasteiger partial charge in [0.15, 0.2) is 0 Å². The molecule has 0 heteroatoms. The third kappa shape index (κ3) is 3.95. The smallest absolute Gasteiger partial charge is 0.0233 e. The average Bonchev–Trinajstić information content (AvgIpc) is 2.70. The Hall–Kier alpha value is -1.04. The maximum absolute atomic E-state index is 4.05. The first-order valence-corrected chi connectivity index (χ1v) is 11.5. The molecule has 0 amide bonds. The molecular weight excluding hydrogens is 312 g/mol. The fraction of sp³-hybridized carbons (Fsp3) is 0.692. The number of hydrogen-bond acceptors (Lipinski definition) is 0. The molecular formula is C26H38. The second-order valence-corrected chi connectivity index (χ2v) is 9.61. The lowest BCUT2D eigenvalue weighted by atomic mass is 9.61. The monoisotopic (exact) mass is 350 g/mol. The van der Waals surface area contributed by atoms with Gasteiger partial charge in [0.2, 0.25) is 0 Å². The maximum atomic E-state index is 4.05. The van der Waals surface area contributed by atoms with Crippen LogP contribution in [0.15, 0.2) is 30.9 Å². The second-order valence-electron chi connectivity index (χ2n) is 9.61. The van der Waals surface area contributed by atoms with Crippen LogP contribution in [0.25, 0.3) is 0 Å². The minimum atomic E-state index is 0.816. The zero-order valence-corrected chi connectivity index (χ0v) is 16.9. The molecule has 2 fully saturated rings. The number of aryl methyl sites for hydroxylation is 2. The first-order chi connectivity index (χ1) is 12.8. The van der Waals surface area contributed by atoms with Crippen LogP contribution in [0.3, 0.4) is 0 Å². The van der Waals surface area contributed by atoms with Crippen LogP contribution >= 0.6 is 0 Å². The van der Waals surface area contributed by atoms with Gasteiger partial charge in [0, 0.05) is 0 Å². The summed E-state index contributed by atoms with van der Waals surface area (Å²) in [6.45, 7) is 6.35. The van der Waals surface area contributed by atoms with Gasteiger partial charge in [-0.3, -0.25) is 0 Å². The molecule has 4 rings (SSSR count). The molecule has 0 heterocycles. The number of fused-ring (bicyclic) bond motifs is 2. The molecule has 0 N–H and O–H groups in total. The van der Waals surface area contributed by atoms with Crippen LogP contribution in [0.5, 0.6) is 0 Å². The van der Waals surface area contributed by atoms with E-state index in [1.165, 1.54) is 77.0 Å². The van der Waals surface area contributed by atoms with E-state index in [-0.39, 0.29) is 0 Å². The first kappa shape index (κ1) is 18.3. The SMILES string of the molecule is C=CC1CCC2CC(C3CCc4cc(CCCC)ccc4C3)CCC2C1. The standard InChI is InChI=1S/C26H38/c1-3-5-6-20-8-10-24-18-26(14-12-22(24)16-20)25-13-11-21-15-19(4-2)7-9-23(21)17-25/h4,8,10,16,19,21,23,25-26H,2-3,5-7,9,11-15,17-18H2,1H3. The molecule has 2 saturated carbocycles. The highest BCUT2D eigenvalue weighted by molar-refractivity contribution is 5.34. The molecule has 3 aliphatic carbocycles. The number of hydrogen-bond donors (Lipinski definition) is 0. The molecule has 0 spiro atoms. The summed E-state index contributed by atoms with van der Waals surface area (Å²) in [6.07, 6.45) is 19.1. The van der Waals surface area contributed by atoms with Gasteiger partial charge in [-0.15, -0.1) is 6.58 Å². The second kappa shape index (κ2) is 8.32. The molecule has 0 bridgehead atoms. The molecule has 142 valence electrons. The summed E-state index contributed by atoms with van der Waals surface area (Å²) < 4.78 is 0. The molecule has 0 radical (unpaired) electrons. The van der Waals surface area contributed by atoms with Crippen LogP contribution in [-0.4, -0.2) is 0 Å². The molecule has 3 aliphatic rings. The lowest BCUT2D eigenvalue weighted by molar-refractivity contribution is 0.0811. The van der Waals surface area contributed by atoms with Crippen LogP contribution in [0.1, 0.15) is 81.4 Å². The van der Waals surface area contributed by atoms with E-state index in [4.69, 9.17) is 0 Å². The van der Waals surface area contributed by atoms with Crippen LogP contribution in [0, 0.1) is 29.6 Å². The molecule has 0 aromatic heterocycles. The van der Waals surface area contributed by atoms with Crippen molar-refractivity contribution in [1.29, 1.82) is 0 Å². The van der Waals surface area contributed by atoms with Crippen LogP contribution in [-0.2, 0) is 19.3 Å². The van der Waals surface area contributed by atoms with Crippen molar-refractivity contribution in [2.24, 2.45) is 29.6 Å². The van der Waals surface area contributed by atoms with E-state index in [9.17, 15) is 0 Å². The van der Waals surface area contributed by atoms with Crippen LogP contribution in [0.2, 0.25) is 0 Å². The van der Waals surface area contributed by atoms with Crippen molar-refractivity contribution in [2.45, 2.75) is 84.0 Å². The summed E-state index contributed by atoms with van der Waals surface area (Å²) in [4.78, 5) is 0. The van der Waals surface area contributed by atoms with Gasteiger partial charge < -0.3 is 0 Å². The zero-order chi connectivity index (χ0) is 17.9. The molecule has 0 saturated heterocycles. The van der Waals surface area contributed by atoms with E-state index < -0.39 is 0 Å². The first-order valence-electron chi connectivity index (χ1n) is 11.5. The maximum Gasteiger partial charge on any atom is -0.0233 e. The van der Waals surface area contributed by atoms with Gasteiger partial charge in [0.1, 0.15) is 0 Å². The highest BCUT2D eigenvalue weighted by Crippen LogP contribution is 2.48. The van der Waals surface area contributed by atoms with Crippen molar-refractivity contribution in [1.82, 2.24) is 0 Å². The Morgan fingerprint density at radius 1 is 0.923 bits per heavy atom. The minimum Gasteiger partial charge on any atom is -0.103 e. The Bertz CT molecular complexity index is 612. The highest BCUT2D eigenvalue weighted by atomic mass is 14.4. The van der Waals surface area contributed by atoms with Gasteiger partial charge in [0.05, 0.1) is 0 Å². The topological polar surface area (TPSA) is 0 Å². The summed E-state index contributed by atoms with van der Waals surface area (Å²) in [6, 6.07) is 7.44. The lowest BCUT2D eigenvalue weighted by Crippen LogP contribution is -2.34. The van der Waals surface area contributed by atoms with Gasteiger partial charge >= 0.3 is 0 Å². The Kier molecular flexibility index (Phi) is 5.87. The fourth-order valence-corrected chi connectivity index (χ4v) is 6.38. The van der Waals surface area contributed by atoms with Gasteiger partial charge in [-0.25, -0.2) is 0 Å². The third-order valence-electron chi connectivity index (χ3n) is 8.05. The minimum absolute atomic E-state index is 0.816. The molecule has 0 aliphatic heterocycles. The number of allylic oxidation sites excluding steroid dienone is 1. The zero-order valence-electron chi connectivity index (χ0n) is 16.9. The molecule has 1 aromatic rings. The van der Waals surface area contributed by atoms with Crippen LogP contribution < -0.4 is 0 Å². The van der Waals surface area contributed by atoms with E-state index >= 15 is 0 Å². The summed E-state index contributed by atoms with van der Waals surface area (Å²) in [5, 5.41) is 0. The number of unbranched alkanes of at least 4 members (excludes halogenated alkanes) is 1. The highest BCUT2D eigenvalue weighted by Gasteiger charge is 2.38. The van der Waals surface area contributed by atoms with E-state index in [0.717, 1.165) is 29.6 Å². The van der Waals surface area contributed by atoms with Crippen molar-refractivity contribution in [3.8, 4) is 0 Å². The average molecular weight is 351 g/mol. The molecule has 0 nitrogen and oxygen atoms in total. The summed E-state index contributed by atoms with van der Waals surface area (Å²) in [5.74, 6) is 4.82. The molecule has 5 atom stereocenters. The summed E-state index contributed by atoms with van der Waals surface area (Å²) in [7, 11) is 0. The van der Waals surface area contributed by atoms with Crippen molar-refractivity contribution in [3.63, 3.8) is 0 Å². The largest absolute Gasteiger partial charge is 0.103 e. The molecule has 1 aromatic carbocycles. The van der Waals surface area contributed by atoms with Gasteiger partial charge in [-0.1, -0.05) is 37.6 Å². The predicted octanol–water partition coefficient (Wildman–Crippen LogP) is 7.15. The van der Waals surface area contributed by atoms with E-state index in [1.54, 1.807) is 16.7 Å². The van der Waals surface area contributed by atoms with Gasteiger partial charge in [-0.05, 0) is 117 Å². The molecule has 5 unspecified atom stereocenters. The molecule has 26 heavy (non-hydrogen) atoms. The van der Waals surface area contributed by atoms with Gasteiger partial charge in [0.25, 0.3) is 0 Å². The third-order valence-corrected chi connectivity index (χ3v) is 8.05. The van der Waals surface area contributed by atoms with Crippen molar-refractivity contribution in [2.75, 3.05) is 0 Å². The quantitative estimate of drug-likeness (QED) is 0.494. The summed E-state index contributed by atoms with van der Waals surface area (Å²) >= 11 is 0. The van der Waals surface area contributed by atoms with E-state index in [2.05, 4.69) is 37.8 Å². The summed E-state index contributed by atoms with van der Waals surface area (Å²) in [5.41, 5.74) is 4.93. The number of benzene rings is 1. The Labute approximate surface area is 161 Å². The number of rotatable bonds is 5. The Balaban J connectivity index is 1.36. The van der Waals surface area contributed by atoms with Gasteiger partial charge in [-0.2, -0.15) is 0 Å². The van der Waals surface area contributed by atoms with E-state index in [0.29, 0.717) is 0 Å². The van der Waals surface area contributed by atoms with E-state index in [1.807, 2.05) is 0 Å². The van der Waals surface area contributed by atoms with Crippen LogP contribution in [0.4, 0.5) is 0 Å². The van der Waals surface area contributed by atoms with Crippen molar-refractivity contribution >= 4 is 0 Å². The Morgan fingerprint density at radius 3 is 2.50 bits per heavy atom. The predicted molar refractivity (Wildman–Crippen MR) is 112 cm³/mol.